The van der Waals surface area contributed by atoms with E-state index in [1.807, 2.05) is 11.8 Å². The summed E-state index contributed by atoms with van der Waals surface area (Å²) in [5.74, 6) is 1.71. The Balaban J connectivity index is 1.59. The predicted molar refractivity (Wildman–Crippen MR) is 77.7 cm³/mol. The highest BCUT2D eigenvalue weighted by atomic mass is 32.2. The van der Waals surface area contributed by atoms with Crippen molar-refractivity contribution in [2.75, 3.05) is 13.1 Å². The second-order valence-corrected chi connectivity index (χ2v) is 6.99. The van der Waals surface area contributed by atoms with Crippen LogP contribution in [0.25, 0.3) is 0 Å². The Morgan fingerprint density at radius 3 is 2.71 bits per heavy atom. The first-order valence-corrected chi connectivity index (χ1v) is 8.08. The molecule has 0 aromatic heterocycles. The topological polar surface area (TPSA) is 24.4 Å². The molecular weight excluding hydrogens is 228 g/mol. The number of thioether (sulfide) groups is 1. The van der Waals surface area contributed by atoms with Crippen LogP contribution in [0.2, 0.25) is 0 Å². The summed E-state index contributed by atoms with van der Waals surface area (Å²) in [6, 6.07) is 0. The van der Waals surface area contributed by atoms with Gasteiger partial charge in [0.2, 0.25) is 0 Å². The van der Waals surface area contributed by atoms with Gasteiger partial charge in [-0.15, -0.1) is 0 Å². The van der Waals surface area contributed by atoms with Gasteiger partial charge in [0.05, 0.1) is 6.54 Å². The lowest BCUT2D eigenvalue weighted by atomic mass is 9.87. The van der Waals surface area contributed by atoms with E-state index >= 15 is 0 Å². The second-order valence-electron chi connectivity index (χ2n) is 5.77. The molecule has 1 aliphatic carbocycles. The maximum atomic E-state index is 4.59. The zero-order valence-corrected chi connectivity index (χ0v) is 12.1. The molecule has 1 saturated carbocycles. The molecule has 0 aromatic rings. The number of nitrogens with one attached hydrogen (secondary N) is 1. The quantitative estimate of drug-likeness (QED) is 0.827. The highest BCUT2D eigenvalue weighted by molar-refractivity contribution is 8.14. The molecular formula is C14H26N2S. The number of aliphatic imine (C=N–C) groups is 1. The first-order valence-electron chi connectivity index (χ1n) is 7.20. The lowest BCUT2D eigenvalue weighted by Crippen LogP contribution is -2.24. The van der Waals surface area contributed by atoms with E-state index < -0.39 is 0 Å². The van der Waals surface area contributed by atoms with Gasteiger partial charge >= 0.3 is 0 Å². The van der Waals surface area contributed by atoms with Crippen molar-refractivity contribution in [3.8, 4) is 0 Å². The number of amidine groups is 1. The highest BCUT2D eigenvalue weighted by Gasteiger charge is 2.22. The van der Waals surface area contributed by atoms with Gasteiger partial charge in [-0.25, -0.2) is 0 Å². The summed E-state index contributed by atoms with van der Waals surface area (Å²) in [4.78, 5) is 4.59. The monoisotopic (exact) mass is 254 g/mol. The molecule has 0 saturated heterocycles. The van der Waals surface area contributed by atoms with Crippen molar-refractivity contribution >= 4 is 16.9 Å². The maximum Gasteiger partial charge on any atom is 0.156 e. The molecule has 0 radical (unpaired) electrons. The molecule has 0 aromatic carbocycles. The second kappa shape index (κ2) is 6.67. The third-order valence-electron chi connectivity index (χ3n) is 3.97. The standard InChI is InChI=1S/C14H26N2S/c1-11(2)13-10-16-14(17-13)15-9-8-12-6-4-3-5-7-12/h11-13H,3-10H2,1-2H3,(H,15,16). The third kappa shape index (κ3) is 4.20. The molecule has 1 heterocycles. The van der Waals surface area contributed by atoms with Gasteiger partial charge in [0.25, 0.3) is 0 Å². The van der Waals surface area contributed by atoms with Crippen molar-refractivity contribution in [2.45, 2.75) is 57.6 Å². The maximum absolute atomic E-state index is 4.59. The van der Waals surface area contributed by atoms with Crippen LogP contribution in [0.1, 0.15) is 52.4 Å². The van der Waals surface area contributed by atoms with Crippen LogP contribution >= 0.6 is 11.8 Å². The van der Waals surface area contributed by atoms with E-state index in [9.17, 15) is 0 Å². The van der Waals surface area contributed by atoms with E-state index in [0.29, 0.717) is 5.25 Å². The van der Waals surface area contributed by atoms with Gasteiger partial charge in [0.15, 0.2) is 5.17 Å². The smallest absolute Gasteiger partial charge is 0.156 e. The van der Waals surface area contributed by atoms with Crippen LogP contribution < -0.4 is 5.32 Å². The fourth-order valence-electron chi connectivity index (χ4n) is 2.69. The molecule has 3 heteroatoms. The molecule has 1 unspecified atom stereocenters. The average molecular weight is 254 g/mol. The van der Waals surface area contributed by atoms with Crippen molar-refractivity contribution in [1.29, 1.82) is 0 Å². The molecule has 1 aliphatic heterocycles. The Morgan fingerprint density at radius 1 is 1.29 bits per heavy atom. The molecule has 2 nitrogen and oxygen atoms in total. The van der Waals surface area contributed by atoms with E-state index in [1.54, 1.807) is 0 Å². The molecule has 0 spiro atoms. The molecule has 0 bridgehead atoms. The summed E-state index contributed by atoms with van der Waals surface area (Å²) >= 11 is 1.94. The Bertz CT molecular complexity index is 257. The van der Waals surface area contributed by atoms with Crippen molar-refractivity contribution in [1.82, 2.24) is 5.32 Å². The summed E-state index contributed by atoms with van der Waals surface area (Å²) in [6.45, 7) is 6.71. The molecule has 98 valence electrons. The molecule has 1 fully saturated rings. The highest BCUT2D eigenvalue weighted by Crippen LogP contribution is 2.27. The lowest BCUT2D eigenvalue weighted by Gasteiger charge is -2.21. The van der Waals surface area contributed by atoms with E-state index in [4.69, 9.17) is 0 Å². The van der Waals surface area contributed by atoms with Crippen molar-refractivity contribution in [3.05, 3.63) is 0 Å². The molecule has 17 heavy (non-hydrogen) atoms. The normalized spacial score (nSPS) is 26.3. The first-order chi connectivity index (χ1) is 8.25. The average Bonchev–Trinajstić information content (AvgIpc) is 2.79. The van der Waals surface area contributed by atoms with E-state index in [2.05, 4.69) is 24.2 Å². The van der Waals surface area contributed by atoms with Crippen LogP contribution in [0.3, 0.4) is 0 Å². The third-order valence-corrected chi connectivity index (χ3v) is 5.47. The van der Waals surface area contributed by atoms with Crippen LogP contribution in [-0.2, 0) is 0 Å². The zero-order valence-electron chi connectivity index (χ0n) is 11.2. The summed E-state index contributed by atoms with van der Waals surface area (Å²) in [6.07, 6.45) is 8.62. The van der Waals surface area contributed by atoms with Crippen molar-refractivity contribution in [2.24, 2.45) is 16.8 Å². The van der Waals surface area contributed by atoms with Gasteiger partial charge in [-0.2, -0.15) is 0 Å². The summed E-state index contributed by atoms with van der Waals surface area (Å²) in [5.41, 5.74) is 0. The fourth-order valence-corrected chi connectivity index (χ4v) is 3.74. The Morgan fingerprint density at radius 2 is 2.06 bits per heavy atom. The molecule has 1 N–H and O–H groups in total. The number of nitrogens with zero attached hydrogens (tertiary/aromatic N) is 1. The molecule has 1 atom stereocenters. The number of hydrogen-bond donors (Lipinski definition) is 1. The fraction of sp³-hybridized carbons (Fsp3) is 0.929. The Labute approximate surface area is 110 Å². The van der Waals surface area contributed by atoms with Gasteiger partial charge in [0, 0.05) is 11.8 Å². The van der Waals surface area contributed by atoms with Crippen LogP contribution in [0.4, 0.5) is 0 Å². The van der Waals surface area contributed by atoms with Gasteiger partial charge < -0.3 is 5.32 Å². The van der Waals surface area contributed by atoms with Gasteiger partial charge in [-0.05, 0) is 18.3 Å². The zero-order chi connectivity index (χ0) is 12.1. The summed E-state index contributed by atoms with van der Waals surface area (Å²) in [7, 11) is 0. The van der Waals surface area contributed by atoms with Crippen LogP contribution in [0.15, 0.2) is 4.99 Å². The minimum Gasteiger partial charge on any atom is -0.365 e. The van der Waals surface area contributed by atoms with Crippen LogP contribution in [0.5, 0.6) is 0 Å². The minimum absolute atomic E-state index is 0.701. The molecule has 2 rings (SSSR count). The lowest BCUT2D eigenvalue weighted by molar-refractivity contribution is 0.339. The van der Waals surface area contributed by atoms with Crippen LogP contribution in [-0.4, -0.2) is 23.5 Å². The number of rotatable bonds is 4. The minimum atomic E-state index is 0.701. The van der Waals surface area contributed by atoms with Crippen molar-refractivity contribution in [3.63, 3.8) is 0 Å². The number of hydrogen-bond acceptors (Lipinski definition) is 3. The Hall–Kier alpha value is -0.180. The van der Waals surface area contributed by atoms with E-state index in [0.717, 1.165) is 24.9 Å². The summed E-state index contributed by atoms with van der Waals surface area (Å²) in [5, 5.41) is 5.42. The largest absolute Gasteiger partial charge is 0.365 e. The van der Waals surface area contributed by atoms with Gasteiger partial charge in [-0.1, -0.05) is 57.7 Å². The van der Waals surface area contributed by atoms with E-state index in [-0.39, 0.29) is 0 Å². The van der Waals surface area contributed by atoms with Crippen LogP contribution in [0, 0.1) is 11.8 Å². The first kappa shape index (κ1) is 13.3. The SMILES string of the molecule is CC(C)C1CN=C(NCCC2CCCCC2)S1. The molecule has 0 amide bonds. The van der Waals surface area contributed by atoms with Gasteiger partial charge in [-0.3, -0.25) is 4.99 Å². The van der Waals surface area contributed by atoms with Gasteiger partial charge in [0.1, 0.15) is 0 Å². The predicted octanol–water partition coefficient (Wildman–Crippen LogP) is 3.67. The van der Waals surface area contributed by atoms with Crippen molar-refractivity contribution < 1.29 is 0 Å². The Kier molecular flexibility index (Phi) is 5.20. The summed E-state index contributed by atoms with van der Waals surface area (Å²) < 4.78 is 0. The van der Waals surface area contributed by atoms with E-state index in [1.165, 1.54) is 43.7 Å². The molecule has 2 aliphatic rings.